The van der Waals surface area contributed by atoms with E-state index in [2.05, 4.69) is 5.32 Å². The van der Waals surface area contributed by atoms with E-state index >= 15 is 0 Å². The van der Waals surface area contributed by atoms with Gasteiger partial charge in [0.2, 0.25) is 11.8 Å². The summed E-state index contributed by atoms with van der Waals surface area (Å²) in [4.78, 5) is 50.9. The van der Waals surface area contributed by atoms with Crippen LogP contribution < -0.4 is 5.32 Å². The Morgan fingerprint density at radius 1 is 1.17 bits per heavy atom. The van der Waals surface area contributed by atoms with Gasteiger partial charge in [-0.2, -0.15) is 0 Å². The van der Waals surface area contributed by atoms with Gasteiger partial charge in [0, 0.05) is 5.02 Å². The maximum atomic E-state index is 12.7. The van der Waals surface area contributed by atoms with Crippen LogP contribution in [0.25, 0.3) is 0 Å². The van der Waals surface area contributed by atoms with Crippen molar-refractivity contribution in [2.75, 3.05) is 11.9 Å². The lowest BCUT2D eigenvalue weighted by Crippen LogP contribution is -2.45. The van der Waals surface area contributed by atoms with Crippen LogP contribution in [0, 0.1) is 23.7 Å². The topological polar surface area (TPSA) is 92.8 Å². The third-order valence-corrected chi connectivity index (χ3v) is 6.35. The quantitative estimate of drug-likeness (QED) is 0.435. The third kappa shape index (κ3) is 3.42. The summed E-state index contributed by atoms with van der Waals surface area (Å²) in [7, 11) is 0. The third-order valence-electron chi connectivity index (χ3n) is 5.78. The van der Waals surface area contributed by atoms with E-state index < -0.39 is 24.5 Å². The molecule has 1 aromatic carbocycles. The lowest BCUT2D eigenvalue weighted by molar-refractivity contribution is -0.159. The number of anilines is 1. The fourth-order valence-electron chi connectivity index (χ4n) is 4.45. The normalized spacial score (nSPS) is 27.9. The van der Waals surface area contributed by atoms with Gasteiger partial charge in [-0.15, -0.1) is 0 Å². The monoisotopic (exact) mass is 436 g/mol. The van der Waals surface area contributed by atoms with Crippen LogP contribution in [-0.4, -0.2) is 41.2 Å². The Morgan fingerprint density at radius 3 is 2.41 bits per heavy atom. The zero-order chi connectivity index (χ0) is 20.9. The molecule has 0 aromatic heterocycles. The van der Waals surface area contributed by atoms with Gasteiger partial charge in [-0.05, 0) is 43.4 Å². The Morgan fingerprint density at radius 2 is 1.79 bits per heavy atom. The zero-order valence-electron chi connectivity index (χ0n) is 15.4. The number of benzene rings is 1. The number of nitrogens with one attached hydrogen (secondary N) is 1. The molecule has 2 bridgehead atoms. The minimum Gasteiger partial charge on any atom is -0.454 e. The molecular formula is C20H18Cl2N2O5. The molecule has 0 spiro atoms. The van der Waals surface area contributed by atoms with Crippen LogP contribution in [0.2, 0.25) is 10.0 Å². The number of likely N-dealkylation sites (tertiary alicyclic amines) is 1. The Labute approximate surface area is 177 Å². The van der Waals surface area contributed by atoms with E-state index in [1.807, 2.05) is 12.2 Å². The highest BCUT2D eigenvalue weighted by Crippen LogP contribution is 2.52. The van der Waals surface area contributed by atoms with Crippen molar-refractivity contribution >= 4 is 52.6 Å². The van der Waals surface area contributed by atoms with Gasteiger partial charge in [0.05, 0.1) is 22.5 Å². The predicted octanol–water partition coefficient (Wildman–Crippen LogP) is 2.67. The van der Waals surface area contributed by atoms with Crippen LogP contribution in [0.1, 0.15) is 13.3 Å². The summed E-state index contributed by atoms with van der Waals surface area (Å²) in [5.74, 6) is -2.77. The minimum atomic E-state index is -1.09. The molecule has 3 aliphatic rings. The van der Waals surface area contributed by atoms with E-state index in [1.54, 1.807) is 6.07 Å². The van der Waals surface area contributed by atoms with E-state index in [0.717, 1.165) is 11.3 Å². The zero-order valence-corrected chi connectivity index (χ0v) is 16.9. The van der Waals surface area contributed by atoms with Gasteiger partial charge < -0.3 is 10.1 Å². The van der Waals surface area contributed by atoms with E-state index in [0.29, 0.717) is 5.02 Å². The van der Waals surface area contributed by atoms with Gasteiger partial charge in [0.25, 0.3) is 5.91 Å². The molecule has 0 unspecified atom stereocenters. The number of rotatable bonds is 5. The Bertz CT molecular complexity index is 917. The number of imide groups is 1. The Balaban J connectivity index is 1.35. The summed E-state index contributed by atoms with van der Waals surface area (Å²) in [6, 6.07) is 3.47. The van der Waals surface area contributed by atoms with Crippen molar-refractivity contribution in [2.24, 2.45) is 23.7 Å². The number of hydrogen-bond donors (Lipinski definition) is 1. The fourth-order valence-corrected chi connectivity index (χ4v) is 4.79. The number of halogens is 2. The average molecular weight is 437 g/mol. The maximum Gasteiger partial charge on any atom is 0.329 e. The number of carbonyl (C=O) groups excluding carboxylic acids is 4. The van der Waals surface area contributed by atoms with Gasteiger partial charge >= 0.3 is 5.97 Å². The molecule has 1 aromatic rings. The number of nitrogens with zero attached hydrogens (tertiary/aromatic N) is 1. The first-order valence-electron chi connectivity index (χ1n) is 9.24. The number of carbonyl (C=O) groups is 4. The van der Waals surface area contributed by atoms with Crippen molar-refractivity contribution in [1.29, 1.82) is 0 Å². The summed E-state index contributed by atoms with van der Waals surface area (Å²) >= 11 is 11.8. The molecule has 7 nitrogen and oxygen atoms in total. The van der Waals surface area contributed by atoms with Crippen LogP contribution in [0.4, 0.5) is 5.69 Å². The first-order chi connectivity index (χ1) is 13.8. The van der Waals surface area contributed by atoms with Crippen molar-refractivity contribution in [2.45, 2.75) is 19.4 Å². The van der Waals surface area contributed by atoms with E-state index in [-0.39, 0.29) is 46.2 Å². The van der Waals surface area contributed by atoms with Crippen molar-refractivity contribution in [3.8, 4) is 0 Å². The second kappa shape index (κ2) is 7.46. The maximum absolute atomic E-state index is 12.7. The first-order valence-corrected chi connectivity index (χ1v) is 10.0. The summed E-state index contributed by atoms with van der Waals surface area (Å²) in [5.41, 5.74) is 0.286. The van der Waals surface area contributed by atoms with Crippen LogP contribution in [-0.2, 0) is 23.9 Å². The molecule has 9 heteroatoms. The molecule has 29 heavy (non-hydrogen) atoms. The van der Waals surface area contributed by atoms with Crippen LogP contribution >= 0.6 is 23.2 Å². The van der Waals surface area contributed by atoms with Gasteiger partial charge in [0.15, 0.2) is 6.61 Å². The predicted molar refractivity (Wildman–Crippen MR) is 105 cm³/mol. The van der Waals surface area contributed by atoms with E-state index in [4.69, 9.17) is 27.9 Å². The van der Waals surface area contributed by atoms with Crippen LogP contribution in [0.5, 0.6) is 0 Å². The number of hydrogen-bond acceptors (Lipinski definition) is 5. The van der Waals surface area contributed by atoms with E-state index in [9.17, 15) is 19.2 Å². The standard InChI is InChI=1S/C20H18Cl2N2O5/c1-9(24-18(26)16-10-2-3-11(6-10)17(16)19(24)27)20(28)29-8-15(25)23-14-7-12(21)4-5-13(14)22/h2-5,7,9-11,16-17H,6,8H2,1H3,(H,23,25)/t9-,10+,11+,16-,17-/m1/s1. The molecule has 1 heterocycles. The highest BCUT2D eigenvalue weighted by atomic mass is 35.5. The van der Waals surface area contributed by atoms with Gasteiger partial charge in [-0.3, -0.25) is 19.3 Å². The lowest BCUT2D eigenvalue weighted by Gasteiger charge is -2.23. The van der Waals surface area contributed by atoms with Gasteiger partial charge in [-0.25, -0.2) is 4.79 Å². The number of ether oxygens (including phenoxy) is 1. The number of fused-ring (bicyclic) bond motifs is 5. The first kappa shape index (κ1) is 19.9. The molecule has 5 atom stereocenters. The fraction of sp³-hybridized carbons (Fsp3) is 0.400. The SMILES string of the molecule is C[C@H](C(=O)OCC(=O)Nc1cc(Cl)ccc1Cl)N1C(=O)[C@H]2[C@H](C1=O)[C@H]1C=C[C@H]2C1. The molecule has 1 saturated heterocycles. The Hall–Kier alpha value is -2.38. The molecule has 1 N–H and O–H groups in total. The molecule has 0 radical (unpaired) electrons. The smallest absolute Gasteiger partial charge is 0.329 e. The van der Waals surface area contributed by atoms with Crippen molar-refractivity contribution in [1.82, 2.24) is 4.90 Å². The van der Waals surface area contributed by atoms with Crippen molar-refractivity contribution in [3.05, 3.63) is 40.4 Å². The van der Waals surface area contributed by atoms with Crippen molar-refractivity contribution in [3.63, 3.8) is 0 Å². The largest absolute Gasteiger partial charge is 0.454 e. The second-order valence-electron chi connectivity index (χ2n) is 7.50. The van der Waals surface area contributed by atoms with Crippen LogP contribution in [0.15, 0.2) is 30.4 Å². The highest BCUT2D eigenvalue weighted by molar-refractivity contribution is 6.35. The molecule has 2 aliphatic carbocycles. The second-order valence-corrected chi connectivity index (χ2v) is 8.35. The molecular weight excluding hydrogens is 419 g/mol. The molecule has 1 saturated carbocycles. The number of allylic oxidation sites excluding steroid dienone is 2. The minimum absolute atomic E-state index is 0.0582. The van der Waals surface area contributed by atoms with Crippen molar-refractivity contribution < 1.29 is 23.9 Å². The van der Waals surface area contributed by atoms with Gasteiger partial charge in [-0.1, -0.05) is 35.4 Å². The summed E-state index contributed by atoms with van der Waals surface area (Å²) < 4.78 is 5.02. The summed E-state index contributed by atoms with van der Waals surface area (Å²) in [5, 5.41) is 3.16. The molecule has 152 valence electrons. The summed E-state index contributed by atoms with van der Waals surface area (Å²) in [6.07, 6.45) is 4.77. The average Bonchev–Trinajstić information content (AvgIpc) is 3.36. The molecule has 4 rings (SSSR count). The molecule has 1 aliphatic heterocycles. The molecule has 3 amide bonds. The highest BCUT2D eigenvalue weighted by Gasteiger charge is 2.60. The molecule has 2 fully saturated rings. The summed E-state index contributed by atoms with van der Waals surface area (Å²) in [6.45, 7) is 0.849. The van der Waals surface area contributed by atoms with Gasteiger partial charge in [0.1, 0.15) is 6.04 Å². The van der Waals surface area contributed by atoms with E-state index in [1.165, 1.54) is 19.1 Å². The number of amides is 3. The van der Waals surface area contributed by atoms with Crippen LogP contribution in [0.3, 0.4) is 0 Å². The Kier molecular flexibility index (Phi) is 5.12. The lowest BCUT2D eigenvalue weighted by atomic mass is 9.85. The number of esters is 1.